The van der Waals surface area contributed by atoms with Crippen molar-refractivity contribution in [2.45, 2.75) is 20.4 Å². The average molecular weight is 350 g/mol. The Morgan fingerprint density at radius 3 is 2.58 bits per heavy atom. The van der Waals surface area contributed by atoms with Crippen molar-refractivity contribution in [3.05, 3.63) is 75.6 Å². The minimum absolute atomic E-state index is 0.126. The van der Waals surface area contributed by atoms with Crippen LogP contribution >= 0.6 is 0 Å². The van der Waals surface area contributed by atoms with Crippen LogP contribution in [0.25, 0.3) is 10.9 Å². The van der Waals surface area contributed by atoms with E-state index >= 15 is 0 Å². The van der Waals surface area contributed by atoms with Crippen molar-refractivity contribution in [2.24, 2.45) is 7.05 Å². The third-order valence-electron chi connectivity index (χ3n) is 4.29. The van der Waals surface area contributed by atoms with Crippen LogP contribution < -0.4 is 15.5 Å². The van der Waals surface area contributed by atoms with Crippen LogP contribution in [0.4, 0.5) is 0 Å². The van der Waals surface area contributed by atoms with E-state index in [2.05, 4.69) is 5.32 Å². The molecule has 0 saturated carbocycles. The fourth-order valence-corrected chi connectivity index (χ4v) is 2.87. The number of fused-ring (bicyclic) bond motifs is 1. The molecule has 0 aliphatic carbocycles. The molecule has 1 amide bonds. The zero-order valence-corrected chi connectivity index (χ0v) is 15.2. The van der Waals surface area contributed by atoms with Gasteiger partial charge in [-0.3, -0.25) is 9.59 Å². The van der Waals surface area contributed by atoms with Crippen LogP contribution in [0.2, 0.25) is 0 Å². The standard InChI is InChI=1S/C21H22N2O3/c1-4-26-16-9-10-19-17(11-16)20(24)18(13-23(19)3)21(25)22-12-15-7-5-14(2)6-8-15/h5-11,13H,4,12H2,1-3H3,(H,22,25). The molecule has 5 heteroatoms. The van der Waals surface area contributed by atoms with Crippen LogP contribution in [0.3, 0.4) is 0 Å². The van der Waals surface area contributed by atoms with Gasteiger partial charge in [-0.15, -0.1) is 0 Å². The van der Waals surface area contributed by atoms with Gasteiger partial charge < -0.3 is 14.6 Å². The third-order valence-corrected chi connectivity index (χ3v) is 4.29. The maximum atomic E-state index is 12.8. The van der Waals surface area contributed by atoms with E-state index in [-0.39, 0.29) is 16.9 Å². The molecule has 26 heavy (non-hydrogen) atoms. The molecule has 3 rings (SSSR count). The number of benzene rings is 2. The number of nitrogens with one attached hydrogen (secondary N) is 1. The second-order valence-corrected chi connectivity index (χ2v) is 6.26. The van der Waals surface area contributed by atoms with Crippen molar-refractivity contribution in [3.8, 4) is 5.75 Å². The molecule has 0 unspecified atom stereocenters. The molecule has 2 aromatic carbocycles. The molecular formula is C21H22N2O3. The van der Waals surface area contributed by atoms with Crippen molar-refractivity contribution in [1.82, 2.24) is 9.88 Å². The molecule has 0 fully saturated rings. The van der Waals surface area contributed by atoms with Crippen molar-refractivity contribution in [2.75, 3.05) is 6.61 Å². The fourth-order valence-electron chi connectivity index (χ4n) is 2.87. The quantitative estimate of drug-likeness (QED) is 0.769. The lowest BCUT2D eigenvalue weighted by molar-refractivity contribution is 0.0949. The Kier molecular flexibility index (Phi) is 5.07. The normalized spacial score (nSPS) is 10.7. The van der Waals surface area contributed by atoms with E-state index in [0.717, 1.165) is 16.6 Å². The van der Waals surface area contributed by atoms with E-state index in [1.54, 1.807) is 16.8 Å². The summed E-state index contributed by atoms with van der Waals surface area (Å²) in [5.74, 6) is 0.240. The molecule has 1 aromatic heterocycles. The first-order valence-electron chi connectivity index (χ1n) is 8.59. The summed E-state index contributed by atoms with van der Waals surface area (Å²) in [6.07, 6.45) is 1.58. The monoisotopic (exact) mass is 350 g/mol. The second kappa shape index (κ2) is 7.44. The van der Waals surface area contributed by atoms with Crippen LogP contribution in [-0.4, -0.2) is 17.1 Å². The molecule has 0 atom stereocenters. The third kappa shape index (κ3) is 3.61. The number of nitrogens with zero attached hydrogens (tertiary/aromatic N) is 1. The summed E-state index contributed by atoms with van der Waals surface area (Å²) in [6, 6.07) is 13.2. The lowest BCUT2D eigenvalue weighted by atomic mass is 10.1. The van der Waals surface area contributed by atoms with Gasteiger partial charge in [0.2, 0.25) is 5.43 Å². The van der Waals surface area contributed by atoms with E-state index in [1.165, 1.54) is 0 Å². The largest absolute Gasteiger partial charge is 0.494 e. The second-order valence-electron chi connectivity index (χ2n) is 6.26. The van der Waals surface area contributed by atoms with Gasteiger partial charge in [-0.25, -0.2) is 0 Å². The molecule has 1 N–H and O–H groups in total. The van der Waals surface area contributed by atoms with Gasteiger partial charge in [0.25, 0.3) is 5.91 Å². The van der Waals surface area contributed by atoms with Crippen molar-refractivity contribution in [3.63, 3.8) is 0 Å². The lowest BCUT2D eigenvalue weighted by Crippen LogP contribution is -2.29. The lowest BCUT2D eigenvalue weighted by Gasteiger charge is -2.11. The Bertz CT molecular complexity index is 1000. The van der Waals surface area contributed by atoms with Gasteiger partial charge in [-0.2, -0.15) is 0 Å². The van der Waals surface area contributed by atoms with Crippen LogP contribution in [0.1, 0.15) is 28.4 Å². The van der Waals surface area contributed by atoms with Gasteiger partial charge in [-0.05, 0) is 37.6 Å². The minimum atomic E-state index is -0.380. The number of carbonyl (C=O) groups excluding carboxylic acids is 1. The number of hydrogen-bond donors (Lipinski definition) is 1. The molecular weight excluding hydrogens is 328 g/mol. The molecule has 0 bridgehead atoms. The molecule has 5 nitrogen and oxygen atoms in total. The van der Waals surface area contributed by atoms with E-state index in [9.17, 15) is 9.59 Å². The number of hydrogen-bond acceptors (Lipinski definition) is 3. The van der Waals surface area contributed by atoms with E-state index in [0.29, 0.717) is 24.3 Å². The Morgan fingerprint density at radius 2 is 1.88 bits per heavy atom. The summed E-state index contributed by atoms with van der Waals surface area (Å²) in [5, 5.41) is 3.30. The summed E-state index contributed by atoms with van der Waals surface area (Å²) < 4.78 is 7.26. The predicted octanol–water partition coefficient (Wildman–Crippen LogP) is 3.18. The highest BCUT2D eigenvalue weighted by atomic mass is 16.5. The fraction of sp³-hybridized carbons (Fsp3) is 0.238. The molecule has 0 saturated heterocycles. The molecule has 1 heterocycles. The summed E-state index contributed by atoms with van der Waals surface area (Å²) in [7, 11) is 1.82. The topological polar surface area (TPSA) is 60.3 Å². The number of pyridine rings is 1. The average Bonchev–Trinajstić information content (AvgIpc) is 2.64. The SMILES string of the molecule is CCOc1ccc2c(c1)c(=O)c(C(=O)NCc1ccc(C)cc1)cn2C. The first-order chi connectivity index (χ1) is 12.5. The highest BCUT2D eigenvalue weighted by Crippen LogP contribution is 2.18. The number of ether oxygens (including phenoxy) is 1. The number of carbonyl (C=O) groups is 1. The zero-order valence-electron chi connectivity index (χ0n) is 15.2. The van der Waals surface area contributed by atoms with Gasteiger partial charge in [0, 0.05) is 19.8 Å². The van der Waals surface area contributed by atoms with Crippen LogP contribution in [-0.2, 0) is 13.6 Å². The number of aryl methyl sites for hydroxylation is 2. The Morgan fingerprint density at radius 1 is 1.15 bits per heavy atom. The number of rotatable bonds is 5. The number of aromatic nitrogens is 1. The smallest absolute Gasteiger partial charge is 0.257 e. The van der Waals surface area contributed by atoms with E-state index in [4.69, 9.17) is 4.74 Å². The van der Waals surface area contributed by atoms with Gasteiger partial charge in [0.05, 0.1) is 17.5 Å². The van der Waals surface area contributed by atoms with Crippen molar-refractivity contribution in [1.29, 1.82) is 0 Å². The Hall–Kier alpha value is -3.08. The van der Waals surface area contributed by atoms with Gasteiger partial charge in [0.15, 0.2) is 0 Å². The summed E-state index contributed by atoms with van der Waals surface area (Å²) >= 11 is 0. The Balaban J connectivity index is 1.90. The first-order valence-corrected chi connectivity index (χ1v) is 8.59. The highest BCUT2D eigenvalue weighted by Gasteiger charge is 2.15. The van der Waals surface area contributed by atoms with Gasteiger partial charge in [-0.1, -0.05) is 29.8 Å². The maximum absolute atomic E-state index is 12.8. The maximum Gasteiger partial charge on any atom is 0.257 e. The van der Waals surface area contributed by atoms with Crippen LogP contribution in [0.15, 0.2) is 53.5 Å². The first kappa shape index (κ1) is 17.7. The van der Waals surface area contributed by atoms with Crippen LogP contribution in [0, 0.1) is 6.92 Å². The van der Waals surface area contributed by atoms with E-state index < -0.39 is 0 Å². The Labute approximate surface area is 152 Å². The van der Waals surface area contributed by atoms with Crippen LogP contribution in [0.5, 0.6) is 5.75 Å². The summed E-state index contributed by atoms with van der Waals surface area (Å²) in [6.45, 7) is 4.79. The van der Waals surface area contributed by atoms with Crippen molar-refractivity contribution < 1.29 is 9.53 Å². The highest BCUT2D eigenvalue weighted by molar-refractivity contribution is 5.97. The van der Waals surface area contributed by atoms with E-state index in [1.807, 2.05) is 57.3 Å². The minimum Gasteiger partial charge on any atom is -0.494 e. The molecule has 0 radical (unpaired) electrons. The predicted molar refractivity (Wildman–Crippen MR) is 103 cm³/mol. The number of amides is 1. The summed E-state index contributed by atoms with van der Waals surface area (Å²) in [5.41, 5.74) is 2.74. The molecule has 0 aliphatic rings. The molecule has 3 aromatic rings. The van der Waals surface area contributed by atoms with Gasteiger partial charge in [0.1, 0.15) is 11.3 Å². The molecule has 0 spiro atoms. The van der Waals surface area contributed by atoms with Crippen molar-refractivity contribution >= 4 is 16.8 Å². The zero-order chi connectivity index (χ0) is 18.7. The molecule has 134 valence electrons. The summed E-state index contributed by atoms with van der Waals surface area (Å²) in [4.78, 5) is 25.4. The van der Waals surface area contributed by atoms with Gasteiger partial charge >= 0.3 is 0 Å². The molecule has 0 aliphatic heterocycles.